The summed E-state index contributed by atoms with van der Waals surface area (Å²) in [7, 11) is 1.61. The molecule has 1 aliphatic heterocycles. The highest BCUT2D eigenvalue weighted by atomic mass is 16.6. The van der Waals surface area contributed by atoms with Crippen LogP contribution in [-0.4, -0.2) is 41.5 Å². The van der Waals surface area contributed by atoms with E-state index < -0.39 is 10.5 Å². The van der Waals surface area contributed by atoms with Crippen molar-refractivity contribution < 1.29 is 14.5 Å². The van der Waals surface area contributed by atoms with Crippen LogP contribution in [0.15, 0.2) is 18.2 Å². The van der Waals surface area contributed by atoms with Crippen LogP contribution < -0.4 is 5.73 Å². The number of nitro groups is 1. The molecule has 1 aromatic rings. The molecule has 7 nitrogen and oxygen atoms in total. The third-order valence-electron chi connectivity index (χ3n) is 3.89. The average Bonchev–Trinajstić information content (AvgIpc) is 2.46. The summed E-state index contributed by atoms with van der Waals surface area (Å²) in [6.07, 6.45) is 1.65. The lowest BCUT2D eigenvalue weighted by Crippen LogP contribution is -2.49. The van der Waals surface area contributed by atoms with E-state index in [2.05, 4.69) is 0 Å². The number of carbonyl (C=O) groups is 1. The van der Waals surface area contributed by atoms with E-state index >= 15 is 0 Å². The molecule has 0 aromatic heterocycles. The highest BCUT2D eigenvalue weighted by Gasteiger charge is 2.35. The van der Waals surface area contributed by atoms with Gasteiger partial charge in [-0.15, -0.1) is 0 Å². The Morgan fingerprint density at radius 1 is 1.52 bits per heavy atom. The van der Waals surface area contributed by atoms with Crippen molar-refractivity contribution in [2.75, 3.05) is 25.9 Å². The molecule has 0 saturated carbocycles. The molecule has 1 saturated heterocycles. The van der Waals surface area contributed by atoms with Crippen molar-refractivity contribution in [3.63, 3.8) is 0 Å². The van der Waals surface area contributed by atoms with Crippen LogP contribution in [0, 0.1) is 10.1 Å². The lowest BCUT2D eigenvalue weighted by Gasteiger charge is -2.39. The van der Waals surface area contributed by atoms with Gasteiger partial charge in [-0.2, -0.15) is 0 Å². The normalized spacial score (nSPS) is 22.1. The summed E-state index contributed by atoms with van der Waals surface area (Å²) in [6, 6.07) is 4.05. The molecule has 1 heterocycles. The fraction of sp³-hybridized carbons (Fsp3) is 0.500. The van der Waals surface area contributed by atoms with E-state index in [4.69, 9.17) is 10.5 Å². The summed E-state index contributed by atoms with van der Waals surface area (Å²) >= 11 is 0. The predicted octanol–water partition coefficient (Wildman–Crippen LogP) is 1.82. The summed E-state index contributed by atoms with van der Waals surface area (Å²) in [4.78, 5) is 24.7. The Hall–Kier alpha value is -2.15. The first-order valence-corrected chi connectivity index (χ1v) is 6.75. The molecule has 1 aliphatic rings. The highest BCUT2D eigenvalue weighted by molar-refractivity contribution is 5.99. The largest absolute Gasteiger partial charge is 0.399 e. The van der Waals surface area contributed by atoms with Crippen molar-refractivity contribution in [3.05, 3.63) is 33.9 Å². The Bertz CT molecular complexity index is 575. The third-order valence-corrected chi connectivity index (χ3v) is 3.89. The van der Waals surface area contributed by atoms with E-state index in [-0.39, 0.29) is 17.2 Å². The number of nitrogens with zero attached hydrogens (tertiary/aromatic N) is 2. The van der Waals surface area contributed by atoms with Crippen molar-refractivity contribution >= 4 is 17.3 Å². The molecule has 1 atom stereocenters. The second-order valence-corrected chi connectivity index (χ2v) is 5.52. The van der Waals surface area contributed by atoms with E-state index in [0.717, 1.165) is 12.8 Å². The molecular weight excluding hydrogens is 274 g/mol. The molecule has 2 N–H and O–H groups in total. The first-order valence-electron chi connectivity index (χ1n) is 6.75. The van der Waals surface area contributed by atoms with Crippen molar-refractivity contribution in [3.8, 4) is 0 Å². The van der Waals surface area contributed by atoms with Crippen molar-refractivity contribution in [2.24, 2.45) is 0 Å². The number of carbonyl (C=O) groups excluding carboxylic acids is 1. The van der Waals surface area contributed by atoms with Crippen LogP contribution in [0.4, 0.5) is 11.4 Å². The number of rotatable bonds is 3. The molecular formula is C14H19N3O4. The number of nitrogen functional groups attached to an aromatic ring is 1. The zero-order chi connectivity index (χ0) is 15.6. The molecule has 1 unspecified atom stereocenters. The third kappa shape index (κ3) is 3.13. The number of anilines is 1. The minimum atomic E-state index is -0.563. The van der Waals surface area contributed by atoms with Gasteiger partial charge in [0.2, 0.25) is 0 Å². The predicted molar refractivity (Wildman–Crippen MR) is 78.1 cm³/mol. The summed E-state index contributed by atoms with van der Waals surface area (Å²) in [6.45, 7) is 2.90. The van der Waals surface area contributed by atoms with Crippen LogP contribution in [0.5, 0.6) is 0 Å². The first-order chi connectivity index (χ1) is 9.86. The number of methoxy groups -OCH3 is 1. The lowest BCUT2D eigenvalue weighted by atomic mass is 9.94. The quantitative estimate of drug-likeness (QED) is 0.520. The molecule has 2 rings (SSSR count). The standard InChI is InChI=1S/C14H19N3O4/c1-14(21-2)6-3-7-16(9-14)13(18)11-8-10(15)4-5-12(11)17(19)20/h4-5,8H,3,6-7,9,15H2,1-2H3. The number of nitro benzene ring substituents is 1. The number of benzene rings is 1. The molecule has 0 radical (unpaired) electrons. The van der Waals surface area contributed by atoms with Crippen LogP contribution in [0.1, 0.15) is 30.1 Å². The molecule has 0 bridgehead atoms. The van der Waals surface area contributed by atoms with Gasteiger partial charge in [0.25, 0.3) is 11.6 Å². The van der Waals surface area contributed by atoms with Gasteiger partial charge in [-0.3, -0.25) is 14.9 Å². The zero-order valence-corrected chi connectivity index (χ0v) is 12.2. The molecule has 7 heteroatoms. The molecule has 0 aliphatic carbocycles. The number of ether oxygens (including phenoxy) is 1. The summed E-state index contributed by atoms with van der Waals surface area (Å²) in [5.41, 5.74) is 5.38. The topological polar surface area (TPSA) is 98.7 Å². The molecule has 114 valence electrons. The monoisotopic (exact) mass is 293 g/mol. The fourth-order valence-electron chi connectivity index (χ4n) is 2.60. The van der Waals surface area contributed by atoms with Gasteiger partial charge >= 0.3 is 0 Å². The van der Waals surface area contributed by atoms with Crippen molar-refractivity contribution in [2.45, 2.75) is 25.4 Å². The maximum Gasteiger partial charge on any atom is 0.282 e. The Morgan fingerprint density at radius 3 is 2.86 bits per heavy atom. The Morgan fingerprint density at radius 2 is 2.24 bits per heavy atom. The number of piperidine rings is 1. The Kier molecular flexibility index (Phi) is 4.13. The van der Waals surface area contributed by atoms with Gasteiger partial charge in [-0.1, -0.05) is 0 Å². The minimum absolute atomic E-state index is 0.0281. The van der Waals surface area contributed by atoms with Crippen LogP contribution in [0.2, 0.25) is 0 Å². The van der Waals surface area contributed by atoms with Crippen molar-refractivity contribution in [1.29, 1.82) is 0 Å². The number of amides is 1. The van der Waals surface area contributed by atoms with E-state index in [1.165, 1.54) is 18.2 Å². The summed E-state index contributed by atoms with van der Waals surface area (Å²) in [5.74, 6) is -0.378. The van der Waals surface area contributed by atoms with E-state index in [0.29, 0.717) is 18.8 Å². The van der Waals surface area contributed by atoms with Crippen LogP contribution in [0.25, 0.3) is 0 Å². The second kappa shape index (κ2) is 5.69. The number of hydrogen-bond donors (Lipinski definition) is 1. The van der Waals surface area contributed by atoms with Crippen molar-refractivity contribution in [1.82, 2.24) is 4.90 Å². The number of likely N-dealkylation sites (tertiary alicyclic amines) is 1. The van der Waals surface area contributed by atoms with Gasteiger partial charge in [0.1, 0.15) is 5.56 Å². The maximum absolute atomic E-state index is 12.6. The van der Waals surface area contributed by atoms with Gasteiger partial charge in [0.15, 0.2) is 0 Å². The van der Waals surface area contributed by atoms with E-state index in [1.54, 1.807) is 12.0 Å². The average molecular weight is 293 g/mol. The van der Waals surface area contributed by atoms with Gasteiger partial charge in [0.05, 0.1) is 10.5 Å². The SMILES string of the molecule is COC1(C)CCCN(C(=O)c2cc(N)ccc2[N+](=O)[O-])C1. The smallest absolute Gasteiger partial charge is 0.282 e. The number of nitrogens with two attached hydrogens (primary N) is 1. The molecule has 1 aromatic carbocycles. The number of hydrogen-bond acceptors (Lipinski definition) is 5. The maximum atomic E-state index is 12.6. The zero-order valence-electron chi connectivity index (χ0n) is 12.2. The molecule has 1 amide bonds. The van der Waals surface area contributed by atoms with E-state index in [1.807, 2.05) is 6.92 Å². The van der Waals surface area contributed by atoms with Gasteiger partial charge in [-0.25, -0.2) is 0 Å². The first kappa shape index (κ1) is 15.2. The molecule has 1 fully saturated rings. The Labute approximate surface area is 122 Å². The second-order valence-electron chi connectivity index (χ2n) is 5.52. The van der Waals surface area contributed by atoms with Gasteiger partial charge in [0, 0.05) is 32.0 Å². The molecule has 0 spiro atoms. The van der Waals surface area contributed by atoms with Crippen LogP contribution in [-0.2, 0) is 4.74 Å². The summed E-state index contributed by atoms with van der Waals surface area (Å²) < 4.78 is 5.44. The fourth-order valence-corrected chi connectivity index (χ4v) is 2.60. The molecule has 21 heavy (non-hydrogen) atoms. The highest BCUT2D eigenvalue weighted by Crippen LogP contribution is 2.28. The van der Waals surface area contributed by atoms with Crippen LogP contribution in [0.3, 0.4) is 0 Å². The van der Waals surface area contributed by atoms with Crippen LogP contribution >= 0.6 is 0 Å². The summed E-state index contributed by atoms with van der Waals surface area (Å²) in [5, 5.41) is 11.1. The minimum Gasteiger partial charge on any atom is -0.399 e. The lowest BCUT2D eigenvalue weighted by molar-refractivity contribution is -0.385. The Balaban J connectivity index is 2.32. The van der Waals surface area contributed by atoms with Gasteiger partial charge in [-0.05, 0) is 31.9 Å². The van der Waals surface area contributed by atoms with E-state index in [9.17, 15) is 14.9 Å². The van der Waals surface area contributed by atoms with Gasteiger partial charge < -0.3 is 15.4 Å².